The first-order valence-electron chi connectivity index (χ1n) is 3.78. The molecule has 0 atom stereocenters. The van der Waals surface area contributed by atoms with Crippen LogP contribution in [0.5, 0.6) is 0 Å². The fourth-order valence-corrected chi connectivity index (χ4v) is 1.74. The average molecular weight is 278 g/mol. The summed E-state index contributed by atoms with van der Waals surface area (Å²) in [4.78, 5) is 0. The largest absolute Gasteiger partial charge is 0.331 e. The first kappa shape index (κ1) is 11.4. The number of anilines is 1. The standard InChI is InChI=1S/C8H9BrFN3S/c1-4-2-5(10)3-6(9)7(4)12-8(14)13-11/h2-3H,11H2,1H3,(H2,12,13,14). The zero-order valence-corrected chi connectivity index (χ0v) is 9.80. The number of nitrogens with two attached hydrogens (primary N) is 1. The van der Waals surface area contributed by atoms with E-state index in [-0.39, 0.29) is 10.9 Å². The molecule has 0 radical (unpaired) electrons. The van der Waals surface area contributed by atoms with E-state index >= 15 is 0 Å². The van der Waals surface area contributed by atoms with Crippen molar-refractivity contribution < 1.29 is 4.39 Å². The van der Waals surface area contributed by atoms with E-state index in [4.69, 9.17) is 18.1 Å². The molecule has 1 aromatic carbocycles. The molecule has 0 spiro atoms. The van der Waals surface area contributed by atoms with Crippen LogP contribution in [0.4, 0.5) is 10.1 Å². The van der Waals surface area contributed by atoms with Gasteiger partial charge in [-0.25, -0.2) is 10.2 Å². The number of aryl methyl sites for hydroxylation is 1. The Hall–Kier alpha value is -0.720. The van der Waals surface area contributed by atoms with E-state index in [1.807, 2.05) is 0 Å². The van der Waals surface area contributed by atoms with Crippen molar-refractivity contribution in [1.82, 2.24) is 5.43 Å². The number of hydrogen-bond acceptors (Lipinski definition) is 2. The van der Waals surface area contributed by atoms with Crippen LogP contribution < -0.4 is 16.6 Å². The normalized spacial score (nSPS) is 9.71. The Morgan fingerprint density at radius 3 is 2.71 bits per heavy atom. The van der Waals surface area contributed by atoms with Crippen molar-refractivity contribution in [2.24, 2.45) is 5.84 Å². The van der Waals surface area contributed by atoms with E-state index in [2.05, 4.69) is 26.7 Å². The Bertz CT molecular complexity index is 347. The molecule has 0 amide bonds. The minimum Gasteiger partial charge on any atom is -0.331 e. The molecule has 3 nitrogen and oxygen atoms in total. The predicted molar refractivity (Wildman–Crippen MR) is 62.4 cm³/mol. The van der Waals surface area contributed by atoms with Crippen LogP contribution >= 0.6 is 28.1 Å². The van der Waals surface area contributed by atoms with Gasteiger partial charge in [-0.05, 0) is 52.8 Å². The van der Waals surface area contributed by atoms with Gasteiger partial charge in [-0.1, -0.05) is 0 Å². The lowest BCUT2D eigenvalue weighted by Gasteiger charge is -2.11. The van der Waals surface area contributed by atoms with Crippen molar-refractivity contribution in [3.8, 4) is 0 Å². The van der Waals surface area contributed by atoms with Gasteiger partial charge in [0.15, 0.2) is 5.11 Å². The Morgan fingerprint density at radius 2 is 2.21 bits per heavy atom. The minimum atomic E-state index is -0.299. The summed E-state index contributed by atoms with van der Waals surface area (Å²) < 4.78 is 13.5. The Kier molecular flexibility index (Phi) is 3.79. The van der Waals surface area contributed by atoms with Crippen molar-refractivity contribution in [2.75, 3.05) is 5.32 Å². The van der Waals surface area contributed by atoms with Gasteiger partial charge in [-0.3, -0.25) is 0 Å². The van der Waals surface area contributed by atoms with Gasteiger partial charge in [-0.2, -0.15) is 0 Å². The number of nitrogens with one attached hydrogen (secondary N) is 2. The van der Waals surface area contributed by atoms with Crippen LogP contribution in [0, 0.1) is 12.7 Å². The smallest absolute Gasteiger partial charge is 0.185 e. The zero-order valence-electron chi connectivity index (χ0n) is 7.40. The minimum absolute atomic E-state index is 0.278. The van der Waals surface area contributed by atoms with Crippen molar-refractivity contribution >= 4 is 38.9 Å². The summed E-state index contributed by atoms with van der Waals surface area (Å²) in [6, 6.07) is 2.76. The number of thiocarbonyl (C=S) groups is 1. The molecule has 76 valence electrons. The summed E-state index contributed by atoms with van der Waals surface area (Å²) in [6.45, 7) is 1.77. The number of rotatable bonds is 1. The monoisotopic (exact) mass is 277 g/mol. The third-order valence-electron chi connectivity index (χ3n) is 1.62. The molecule has 0 bridgehead atoms. The second-order valence-corrected chi connectivity index (χ2v) is 3.94. The van der Waals surface area contributed by atoms with Gasteiger partial charge in [0, 0.05) is 4.47 Å². The highest BCUT2D eigenvalue weighted by atomic mass is 79.9. The fraction of sp³-hybridized carbons (Fsp3) is 0.125. The second kappa shape index (κ2) is 4.68. The quantitative estimate of drug-likeness (QED) is 0.418. The van der Waals surface area contributed by atoms with E-state index in [1.165, 1.54) is 12.1 Å². The maximum atomic E-state index is 12.9. The van der Waals surface area contributed by atoms with Crippen molar-refractivity contribution in [2.45, 2.75) is 6.92 Å². The lowest BCUT2D eigenvalue weighted by molar-refractivity contribution is 0.626. The molecule has 4 N–H and O–H groups in total. The van der Waals surface area contributed by atoms with Crippen molar-refractivity contribution in [3.63, 3.8) is 0 Å². The molecule has 1 aromatic rings. The molecule has 0 aliphatic rings. The highest BCUT2D eigenvalue weighted by Gasteiger charge is 2.07. The van der Waals surface area contributed by atoms with E-state index in [9.17, 15) is 4.39 Å². The second-order valence-electron chi connectivity index (χ2n) is 2.68. The molecular weight excluding hydrogens is 269 g/mol. The lowest BCUT2D eigenvalue weighted by Crippen LogP contribution is -2.34. The highest BCUT2D eigenvalue weighted by molar-refractivity contribution is 9.10. The molecule has 0 saturated carbocycles. The van der Waals surface area contributed by atoms with Crippen LogP contribution in [0.3, 0.4) is 0 Å². The number of hydrogen-bond donors (Lipinski definition) is 3. The molecule has 1 rings (SSSR count). The first-order valence-corrected chi connectivity index (χ1v) is 4.98. The van der Waals surface area contributed by atoms with Gasteiger partial charge in [-0.15, -0.1) is 0 Å². The van der Waals surface area contributed by atoms with Gasteiger partial charge in [0.05, 0.1) is 5.69 Å². The molecule has 0 saturated heterocycles. The highest BCUT2D eigenvalue weighted by Crippen LogP contribution is 2.27. The fourth-order valence-electron chi connectivity index (χ4n) is 1.01. The number of hydrazine groups is 1. The van der Waals surface area contributed by atoms with Crippen LogP contribution in [-0.4, -0.2) is 5.11 Å². The zero-order chi connectivity index (χ0) is 10.7. The van der Waals surface area contributed by atoms with Gasteiger partial charge < -0.3 is 10.7 Å². The number of halogens is 2. The molecule has 14 heavy (non-hydrogen) atoms. The summed E-state index contributed by atoms with van der Waals surface area (Å²) in [7, 11) is 0. The maximum Gasteiger partial charge on any atom is 0.185 e. The lowest BCUT2D eigenvalue weighted by atomic mass is 10.2. The first-order chi connectivity index (χ1) is 6.54. The molecule has 0 aliphatic carbocycles. The van der Waals surface area contributed by atoms with E-state index in [0.29, 0.717) is 10.2 Å². The van der Waals surface area contributed by atoms with Crippen molar-refractivity contribution in [3.05, 3.63) is 28.0 Å². The molecule has 0 unspecified atom stereocenters. The summed E-state index contributed by atoms with van der Waals surface area (Å²) >= 11 is 8.05. The average Bonchev–Trinajstić information content (AvgIpc) is 2.10. The molecule has 0 aromatic heterocycles. The molecule has 0 fully saturated rings. The van der Waals surface area contributed by atoms with Gasteiger partial charge in [0.2, 0.25) is 0 Å². The summed E-state index contributed by atoms with van der Waals surface area (Å²) in [5.74, 6) is 4.81. The Labute approximate surface area is 95.0 Å². The van der Waals surface area contributed by atoms with Crippen LogP contribution in [-0.2, 0) is 0 Å². The molecule has 0 heterocycles. The molecule has 6 heteroatoms. The van der Waals surface area contributed by atoms with Gasteiger partial charge in [0.1, 0.15) is 5.82 Å². The predicted octanol–water partition coefficient (Wildman–Crippen LogP) is 2.06. The van der Waals surface area contributed by atoms with Crippen molar-refractivity contribution in [1.29, 1.82) is 0 Å². The van der Waals surface area contributed by atoms with E-state index in [1.54, 1.807) is 6.92 Å². The third kappa shape index (κ3) is 2.63. The van der Waals surface area contributed by atoms with Crippen LogP contribution in [0.25, 0.3) is 0 Å². The molecule has 0 aliphatic heterocycles. The Morgan fingerprint density at radius 1 is 1.57 bits per heavy atom. The SMILES string of the molecule is Cc1cc(F)cc(Br)c1NC(=S)NN. The third-order valence-corrected chi connectivity index (χ3v) is 2.47. The summed E-state index contributed by atoms with van der Waals surface area (Å²) in [6.07, 6.45) is 0. The van der Waals surface area contributed by atoms with Crippen LogP contribution in [0.2, 0.25) is 0 Å². The van der Waals surface area contributed by atoms with Gasteiger partial charge in [0.25, 0.3) is 0 Å². The number of benzene rings is 1. The summed E-state index contributed by atoms with van der Waals surface area (Å²) in [5, 5.41) is 3.12. The summed E-state index contributed by atoms with van der Waals surface area (Å²) in [5.41, 5.74) is 3.74. The topological polar surface area (TPSA) is 50.1 Å². The maximum absolute atomic E-state index is 12.9. The molecular formula is C8H9BrFN3S. The van der Waals surface area contributed by atoms with Crippen LogP contribution in [0.15, 0.2) is 16.6 Å². The van der Waals surface area contributed by atoms with E-state index in [0.717, 1.165) is 5.56 Å². The van der Waals surface area contributed by atoms with Gasteiger partial charge >= 0.3 is 0 Å². The Balaban J connectivity index is 3.02. The van der Waals surface area contributed by atoms with E-state index < -0.39 is 0 Å². The van der Waals surface area contributed by atoms with Crippen LogP contribution in [0.1, 0.15) is 5.56 Å².